The number of morpholine rings is 1. The van der Waals surface area contributed by atoms with Gasteiger partial charge >= 0.3 is 0 Å². The van der Waals surface area contributed by atoms with E-state index in [4.69, 9.17) is 4.74 Å². The van der Waals surface area contributed by atoms with Crippen molar-refractivity contribution >= 4 is 50.6 Å². The number of nitrogens with one attached hydrogen (secondary N) is 1. The van der Waals surface area contributed by atoms with Crippen molar-refractivity contribution in [2.75, 3.05) is 42.3 Å². The van der Waals surface area contributed by atoms with E-state index in [9.17, 15) is 4.79 Å². The largest absolute Gasteiger partial charge is 0.378 e. The first-order valence-corrected chi connectivity index (χ1v) is 12.6. The second-order valence-electron chi connectivity index (χ2n) is 8.16. The van der Waals surface area contributed by atoms with Gasteiger partial charge in [0.1, 0.15) is 16.2 Å². The number of amides is 1. The van der Waals surface area contributed by atoms with Crippen LogP contribution in [0.3, 0.4) is 0 Å². The Kier molecular flexibility index (Phi) is 6.11. The summed E-state index contributed by atoms with van der Waals surface area (Å²) in [6, 6.07) is 7.99. The minimum absolute atomic E-state index is 0.0183. The van der Waals surface area contributed by atoms with E-state index in [2.05, 4.69) is 33.2 Å². The van der Waals surface area contributed by atoms with Crippen LogP contribution in [0.4, 0.5) is 11.4 Å². The van der Waals surface area contributed by atoms with Crippen molar-refractivity contribution in [2.45, 2.75) is 31.2 Å². The van der Waals surface area contributed by atoms with Crippen molar-refractivity contribution < 1.29 is 9.53 Å². The van der Waals surface area contributed by atoms with Crippen molar-refractivity contribution in [1.82, 2.24) is 9.97 Å². The maximum atomic E-state index is 12.8. The highest BCUT2D eigenvalue weighted by Crippen LogP contribution is 2.40. The number of carbonyl (C=O) groups excluding carboxylic acids is 1. The first-order valence-electron chi connectivity index (χ1n) is 10.8. The SMILES string of the molecule is C[C@@H]1CCc2c(sc3ncnc(SCC(=O)Nc4ccccc4N4CCOCC4)c23)C1. The second kappa shape index (κ2) is 9.14. The Balaban J connectivity index is 1.30. The highest BCUT2D eigenvalue weighted by Gasteiger charge is 2.23. The molecule has 31 heavy (non-hydrogen) atoms. The van der Waals surface area contributed by atoms with Crippen LogP contribution in [-0.2, 0) is 22.4 Å². The van der Waals surface area contributed by atoms with Gasteiger partial charge < -0.3 is 15.0 Å². The summed E-state index contributed by atoms with van der Waals surface area (Å²) >= 11 is 3.30. The molecule has 162 valence electrons. The third kappa shape index (κ3) is 4.42. The quantitative estimate of drug-likeness (QED) is 0.456. The van der Waals surface area contributed by atoms with Crippen LogP contribution in [0, 0.1) is 5.92 Å². The first kappa shape index (κ1) is 20.7. The summed E-state index contributed by atoms with van der Waals surface area (Å²) in [5.41, 5.74) is 3.30. The third-order valence-corrected chi connectivity index (χ3v) is 8.08. The molecule has 1 saturated heterocycles. The molecule has 3 aromatic rings. The maximum Gasteiger partial charge on any atom is 0.234 e. The van der Waals surface area contributed by atoms with Gasteiger partial charge in [0, 0.05) is 23.4 Å². The van der Waals surface area contributed by atoms with E-state index >= 15 is 0 Å². The van der Waals surface area contributed by atoms with E-state index in [-0.39, 0.29) is 5.91 Å². The predicted molar refractivity (Wildman–Crippen MR) is 127 cm³/mol. The molecule has 2 aromatic heterocycles. The van der Waals surface area contributed by atoms with E-state index in [0.717, 1.165) is 53.1 Å². The number of ether oxygens (including phenoxy) is 1. The monoisotopic (exact) mass is 454 g/mol. The lowest BCUT2D eigenvalue weighted by atomic mass is 9.89. The van der Waals surface area contributed by atoms with E-state index in [0.29, 0.717) is 19.0 Å². The van der Waals surface area contributed by atoms with E-state index < -0.39 is 0 Å². The van der Waals surface area contributed by atoms with Gasteiger partial charge in [-0.2, -0.15) is 0 Å². The number of thiophene rings is 1. The molecule has 8 heteroatoms. The number of hydrogen-bond acceptors (Lipinski definition) is 7. The molecule has 0 bridgehead atoms. The lowest BCUT2D eigenvalue weighted by Crippen LogP contribution is -2.36. The number of nitrogens with zero attached hydrogens (tertiary/aromatic N) is 3. The number of para-hydroxylation sites is 2. The Morgan fingerprint density at radius 3 is 3.00 bits per heavy atom. The fourth-order valence-corrected chi connectivity index (χ4v) is 6.58. The van der Waals surface area contributed by atoms with Gasteiger partial charge in [0.2, 0.25) is 5.91 Å². The van der Waals surface area contributed by atoms with Crippen LogP contribution >= 0.6 is 23.1 Å². The zero-order chi connectivity index (χ0) is 21.2. The summed E-state index contributed by atoms with van der Waals surface area (Å²) in [4.78, 5) is 26.6. The van der Waals surface area contributed by atoms with Crippen molar-refractivity contribution in [3.63, 3.8) is 0 Å². The van der Waals surface area contributed by atoms with Crippen molar-refractivity contribution in [3.05, 3.63) is 41.0 Å². The molecule has 2 aliphatic rings. The smallest absolute Gasteiger partial charge is 0.234 e. The number of rotatable bonds is 5. The van der Waals surface area contributed by atoms with Gasteiger partial charge in [-0.15, -0.1) is 11.3 Å². The number of benzene rings is 1. The second-order valence-corrected chi connectivity index (χ2v) is 10.2. The number of hydrogen-bond donors (Lipinski definition) is 1. The van der Waals surface area contributed by atoms with Gasteiger partial charge in [0.25, 0.3) is 0 Å². The summed E-state index contributed by atoms with van der Waals surface area (Å²) in [5.74, 6) is 1.03. The van der Waals surface area contributed by atoms with Crippen molar-refractivity contribution in [3.8, 4) is 0 Å². The summed E-state index contributed by atoms with van der Waals surface area (Å²) in [5, 5.41) is 5.20. The normalized spacial score (nSPS) is 18.7. The average molecular weight is 455 g/mol. The Morgan fingerprint density at radius 1 is 1.29 bits per heavy atom. The fourth-order valence-electron chi connectivity index (χ4n) is 4.34. The molecule has 0 saturated carbocycles. The van der Waals surface area contributed by atoms with E-state index in [1.807, 2.05) is 18.2 Å². The van der Waals surface area contributed by atoms with Crippen LogP contribution in [-0.4, -0.2) is 47.9 Å². The lowest BCUT2D eigenvalue weighted by Gasteiger charge is -2.30. The molecule has 5 rings (SSSR count). The molecule has 3 heterocycles. The number of carbonyl (C=O) groups is 1. The Bertz CT molecular complexity index is 1090. The van der Waals surface area contributed by atoms with E-state index in [1.54, 1.807) is 17.7 Å². The van der Waals surface area contributed by atoms with Crippen LogP contribution < -0.4 is 10.2 Å². The summed E-state index contributed by atoms with van der Waals surface area (Å²) < 4.78 is 5.46. The molecular weight excluding hydrogens is 428 g/mol. The zero-order valence-corrected chi connectivity index (χ0v) is 19.2. The van der Waals surface area contributed by atoms with Gasteiger partial charge in [-0.05, 0) is 42.9 Å². The molecule has 6 nitrogen and oxygen atoms in total. The van der Waals surface area contributed by atoms with Crippen LogP contribution in [0.1, 0.15) is 23.8 Å². The standard InChI is InChI=1S/C23H26N4O2S2/c1-15-6-7-16-19(12-15)31-23-21(16)22(24-14-25-23)30-13-20(28)26-17-4-2-3-5-18(17)27-8-10-29-11-9-27/h2-5,14-15H,6-13H2,1H3,(H,26,28)/t15-/m1/s1. The Labute approximate surface area is 190 Å². The molecule has 1 N–H and O–H groups in total. The fraction of sp³-hybridized carbons (Fsp3) is 0.435. The van der Waals surface area contributed by atoms with Crippen LogP contribution in [0.25, 0.3) is 10.2 Å². The highest BCUT2D eigenvalue weighted by atomic mass is 32.2. The molecule has 1 atom stereocenters. The average Bonchev–Trinajstić information content (AvgIpc) is 3.16. The minimum Gasteiger partial charge on any atom is -0.378 e. The lowest BCUT2D eigenvalue weighted by molar-refractivity contribution is -0.113. The Morgan fingerprint density at radius 2 is 2.13 bits per heavy atom. The predicted octanol–water partition coefficient (Wildman–Crippen LogP) is 4.38. The third-order valence-electron chi connectivity index (χ3n) is 5.93. The number of aryl methyl sites for hydroxylation is 1. The summed E-state index contributed by atoms with van der Waals surface area (Å²) in [7, 11) is 0. The molecule has 1 aliphatic carbocycles. The summed E-state index contributed by atoms with van der Waals surface area (Å²) in [6.45, 7) is 5.41. The number of aromatic nitrogens is 2. The molecule has 0 radical (unpaired) electrons. The molecule has 1 aromatic carbocycles. The minimum atomic E-state index is -0.0183. The molecule has 0 spiro atoms. The molecule has 1 fully saturated rings. The molecular formula is C23H26N4O2S2. The van der Waals surface area contributed by atoms with Gasteiger partial charge in [-0.25, -0.2) is 9.97 Å². The summed E-state index contributed by atoms with van der Waals surface area (Å²) in [6.07, 6.45) is 5.04. The zero-order valence-electron chi connectivity index (χ0n) is 17.6. The van der Waals surface area contributed by atoms with Crippen LogP contribution in [0.15, 0.2) is 35.6 Å². The highest BCUT2D eigenvalue weighted by molar-refractivity contribution is 8.00. The number of thioether (sulfide) groups is 1. The topological polar surface area (TPSA) is 67.4 Å². The van der Waals surface area contributed by atoms with Gasteiger partial charge in [-0.3, -0.25) is 4.79 Å². The van der Waals surface area contributed by atoms with E-state index in [1.165, 1.54) is 34.0 Å². The Hall–Kier alpha value is -2.16. The maximum absolute atomic E-state index is 12.8. The van der Waals surface area contributed by atoms with Crippen molar-refractivity contribution in [1.29, 1.82) is 0 Å². The number of fused-ring (bicyclic) bond motifs is 3. The van der Waals surface area contributed by atoms with Gasteiger partial charge in [0.05, 0.1) is 30.3 Å². The first-order chi connectivity index (χ1) is 15.2. The van der Waals surface area contributed by atoms with Crippen molar-refractivity contribution in [2.24, 2.45) is 5.92 Å². The van der Waals surface area contributed by atoms with Gasteiger partial charge in [0.15, 0.2) is 0 Å². The molecule has 0 unspecified atom stereocenters. The van der Waals surface area contributed by atoms with Crippen LogP contribution in [0.5, 0.6) is 0 Å². The number of anilines is 2. The van der Waals surface area contributed by atoms with Crippen LogP contribution in [0.2, 0.25) is 0 Å². The molecule has 1 amide bonds. The molecule has 1 aliphatic heterocycles. The van der Waals surface area contributed by atoms with Gasteiger partial charge in [-0.1, -0.05) is 30.8 Å².